The van der Waals surface area contributed by atoms with Gasteiger partial charge in [-0.05, 0) is 55.0 Å². The molecule has 2 heterocycles. The molecule has 2 unspecified atom stereocenters. The lowest BCUT2D eigenvalue weighted by Gasteiger charge is -2.29. The predicted octanol–water partition coefficient (Wildman–Crippen LogP) is 9.37. The van der Waals surface area contributed by atoms with Gasteiger partial charge in [0, 0.05) is 29.5 Å². The second kappa shape index (κ2) is 15.1. The molecule has 0 spiro atoms. The van der Waals surface area contributed by atoms with Crippen molar-refractivity contribution in [1.82, 2.24) is 0 Å². The number of ether oxygens (including phenoxy) is 3. The molecular formula is C32H36F6O3. The number of methoxy groups -OCH3 is 1. The van der Waals surface area contributed by atoms with E-state index in [9.17, 15) is 26.3 Å². The van der Waals surface area contributed by atoms with E-state index in [1.54, 1.807) is 7.11 Å². The Balaban J connectivity index is 0.000000215. The number of fused-ring (bicyclic) bond motifs is 2. The van der Waals surface area contributed by atoms with E-state index in [0.29, 0.717) is 49.6 Å². The van der Waals surface area contributed by atoms with E-state index in [0.717, 1.165) is 37.3 Å². The monoisotopic (exact) mass is 582 g/mol. The van der Waals surface area contributed by atoms with Gasteiger partial charge in [-0.1, -0.05) is 38.8 Å². The topological polar surface area (TPSA) is 27.7 Å². The summed E-state index contributed by atoms with van der Waals surface area (Å²) in [4.78, 5) is 0. The molecule has 5 rings (SSSR count). The van der Waals surface area contributed by atoms with Crippen LogP contribution in [0.5, 0.6) is 17.2 Å². The molecule has 0 radical (unpaired) electrons. The molecule has 2 atom stereocenters. The molecule has 1 saturated heterocycles. The van der Waals surface area contributed by atoms with Crippen LogP contribution >= 0.6 is 0 Å². The number of halogens is 6. The SMILES string of the molecule is CCCC1CCC(c2ccc(OC)cc2F)CO1.CCCc1cc2c(c(F)c1F)Oc1c(ccc(F)c1F)C2.CF. The molecule has 224 valence electrons. The fourth-order valence-corrected chi connectivity index (χ4v) is 5.11. The summed E-state index contributed by atoms with van der Waals surface area (Å²) in [7, 11) is 2.05. The molecule has 41 heavy (non-hydrogen) atoms. The lowest BCUT2D eigenvalue weighted by molar-refractivity contribution is -0.00173. The summed E-state index contributed by atoms with van der Waals surface area (Å²) in [6.45, 7) is 4.66. The van der Waals surface area contributed by atoms with Gasteiger partial charge in [0.25, 0.3) is 0 Å². The lowest BCUT2D eigenvalue weighted by atomic mass is 9.90. The highest BCUT2D eigenvalue weighted by Crippen LogP contribution is 2.42. The van der Waals surface area contributed by atoms with Gasteiger partial charge in [0.15, 0.2) is 23.1 Å². The maximum atomic E-state index is 14.1. The minimum absolute atomic E-state index is 0.176. The van der Waals surface area contributed by atoms with Gasteiger partial charge in [-0.15, -0.1) is 0 Å². The van der Waals surface area contributed by atoms with E-state index in [1.165, 1.54) is 18.2 Å². The fraction of sp³-hybridized carbons (Fsp3) is 0.438. The molecule has 2 aliphatic heterocycles. The van der Waals surface area contributed by atoms with Crippen LogP contribution in [0.4, 0.5) is 26.3 Å². The Bertz CT molecular complexity index is 1310. The summed E-state index contributed by atoms with van der Waals surface area (Å²) >= 11 is 0. The van der Waals surface area contributed by atoms with Gasteiger partial charge in [-0.2, -0.15) is 8.78 Å². The Morgan fingerprint density at radius 2 is 1.54 bits per heavy atom. The van der Waals surface area contributed by atoms with Crippen LogP contribution in [-0.2, 0) is 17.6 Å². The highest BCUT2D eigenvalue weighted by Gasteiger charge is 2.28. The van der Waals surface area contributed by atoms with E-state index < -0.39 is 23.3 Å². The summed E-state index contributed by atoms with van der Waals surface area (Å²) in [6.07, 6.45) is 5.91. The van der Waals surface area contributed by atoms with E-state index in [4.69, 9.17) is 14.2 Å². The van der Waals surface area contributed by atoms with Crippen LogP contribution in [0.3, 0.4) is 0 Å². The minimum atomic E-state index is -1.18. The second-order valence-corrected chi connectivity index (χ2v) is 9.94. The first kappa shape index (κ1) is 32.3. The zero-order chi connectivity index (χ0) is 30.1. The number of hydrogen-bond acceptors (Lipinski definition) is 3. The molecule has 0 N–H and O–H groups in total. The van der Waals surface area contributed by atoms with Crippen molar-refractivity contribution in [3.8, 4) is 17.2 Å². The normalized spacial score (nSPS) is 17.1. The summed E-state index contributed by atoms with van der Waals surface area (Å²) in [5, 5.41) is 0. The van der Waals surface area contributed by atoms with Crippen molar-refractivity contribution >= 4 is 0 Å². The summed E-state index contributed by atoms with van der Waals surface area (Å²) in [5.74, 6) is -4.57. The average molecular weight is 583 g/mol. The van der Waals surface area contributed by atoms with Crippen LogP contribution in [-0.4, -0.2) is 27.0 Å². The second-order valence-electron chi connectivity index (χ2n) is 9.94. The Morgan fingerprint density at radius 1 is 0.805 bits per heavy atom. The van der Waals surface area contributed by atoms with Gasteiger partial charge >= 0.3 is 0 Å². The van der Waals surface area contributed by atoms with Crippen LogP contribution in [0.1, 0.15) is 74.1 Å². The van der Waals surface area contributed by atoms with E-state index in [2.05, 4.69) is 6.92 Å². The third-order valence-electron chi connectivity index (χ3n) is 7.18. The number of aryl methyl sites for hydroxylation is 1. The fourth-order valence-electron chi connectivity index (χ4n) is 5.11. The molecular weight excluding hydrogens is 546 g/mol. The number of hydrogen-bond donors (Lipinski definition) is 0. The molecule has 1 fully saturated rings. The standard InChI is InChI=1S/C16H12F4O.C15H21FO2.CH3F/c1-2-3-8-6-10-7-9-4-5-11(17)13(19)15(9)21-16(10)14(20)12(8)18;1-3-4-12-6-5-11(10-18-12)14-8-7-13(17-2)9-15(14)16;1-2/h4-6H,2-3,7H2,1H3;7-9,11-12H,3-6,10H2,1-2H3;1H3. The molecule has 9 heteroatoms. The van der Waals surface area contributed by atoms with Gasteiger partial charge in [0.2, 0.25) is 11.6 Å². The predicted molar refractivity (Wildman–Crippen MR) is 146 cm³/mol. The molecule has 3 nitrogen and oxygen atoms in total. The van der Waals surface area contributed by atoms with Crippen LogP contribution in [0.25, 0.3) is 0 Å². The van der Waals surface area contributed by atoms with E-state index in [1.807, 2.05) is 19.1 Å². The highest BCUT2D eigenvalue weighted by atomic mass is 19.2. The maximum Gasteiger partial charge on any atom is 0.201 e. The van der Waals surface area contributed by atoms with Crippen molar-refractivity contribution in [2.75, 3.05) is 20.9 Å². The maximum absolute atomic E-state index is 14.1. The lowest BCUT2D eigenvalue weighted by Crippen LogP contribution is -2.25. The Kier molecular flexibility index (Phi) is 11.9. The van der Waals surface area contributed by atoms with Crippen molar-refractivity contribution in [3.63, 3.8) is 0 Å². The number of rotatable bonds is 6. The molecule has 0 saturated carbocycles. The molecule has 3 aromatic carbocycles. The molecule has 0 bridgehead atoms. The van der Waals surface area contributed by atoms with Crippen LogP contribution in [0, 0.1) is 29.1 Å². The van der Waals surface area contributed by atoms with Gasteiger partial charge < -0.3 is 14.2 Å². The first-order valence-corrected chi connectivity index (χ1v) is 13.7. The van der Waals surface area contributed by atoms with Gasteiger partial charge in [0.1, 0.15) is 11.6 Å². The van der Waals surface area contributed by atoms with Crippen molar-refractivity contribution in [2.45, 2.75) is 70.8 Å². The van der Waals surface area contributed by atoms with Crippen LogP contribution < -0.4 is 9.47 Å². The zero-order valence-corrected chi connectivity index (χ0v) is 23.8. The van der Waals surface area contributed by atoms with Crippen LogP contribution in [0.15, 0.2) is 36.4 Å². The zero-order valence-electron chi connectivity index (χ0n) is 23.8. The molecule has 0 aromatic heterocycles. The summed E-state index contributed by atoms with van der Waals surface area (Å²) in [5.41, 5.74) is 1.87. The molecule has 2 aliphatic rings. The average Bonchev–Trinajstić information content (AvgIpc) is 2.99. The van der Waals surface area contributed by atoms with Crippen LogP contribution in [0.2, 0.25) is 0 Å². The van der Waals surface area contributed by atoms with E-state index >= 15 is 0 Å². The molecule has 0 aliphatic carbocycles. The third-order valence-corrected chi connectivity index (χ3v) is 7.18. The van der Waals surface area contributed by atoms with Crippen molar-refractivity contribution in [1.29, 1.82) is 0 Å². The summed E-state index contributed by atoms with van der Waals surface area (Å²) in [6, 6.07) is 9.00. The molecule has 3 aromatic rings. The smallest absolute Gasteiger partial charge is 0.201 e. The first-order valence-electron chi connectivity index (χ1n) is 13.7. The Hall–Kier alpha value is -3.20. The number of alkyl halides is 1. The molecule has 0 amide bonds. The van der Waals surface area contributed by atoms with Crippen molar-refractivity contribution in [3.05, 3.63) is 87.7 Å². The van der Waals surface area contributed by atoms with Crippen molar-refractivity contribution < 1.29 is 40.6 Å². The van der Waals surface area contributed by atoms with E-state index in [-0.39, 0.29) is 35.2 Å². The Labute approximate surface area is 237 Å². The number of benzene rings is 3. The first-order chi connectivity index (χ1) is 19.8. The minimum Gasteiger partial charge on any atom is -0.497 e. The quantitative estimate of drug-likeness (QED) is 0.212. The Morgan fingerprint density at radius 3 is 2.15 bits per heavy atom. The largest absolute Gasteiger partial charge is 0.497 e. The third kappa shape index (κ3) is 7.56. The van der Waals surface area contributed by atoms with Crippen molar-refractivity contribution in [2.24, 2.45) is 0 Å². The van der Waals surface area contributed by atoms with Gasteiger partial charge in [-0.3, -0.25) is 4.39 Å². The van der Waals surface area contributed by atoms with Gasteiger partial charge in [-0.25, -0.2) is 13.2 Å². The summed E-state index contributed by atoms with van der Waals surface area (Å²) < 4.78 is 94.2. The van der Waals surface area contributed by atoms with Gasteiger partial charge in [0.05, 0.1) is 27.0 Å². The highest BCUT2D eigenvalue weighted by molar-refractivity contribution is 5.52.